The third kappa shape index (κ3) is 4.40. The molecule has 0 saturated heterocycles. The molecule has 3 nitrogen and oxygen atoms in total. The topological polar surface area (TPSA) is 38.7 Å². The lowest BCUT2D eigenvalue weighted by molar-refractivity contribution is 0.0949. The highest BCUT2D eigenvalue weighted by atomic mass is 28.4. The van der Waals surface area contributed by atoms with Crippen LogP contribution in [-0.4, -0.2) is 33.5 Å². The van der Waals surface area contributed by atoms with Crippen LogP contribution >= 0.6 is 0 Å². The molecule has 1 atom stereocenters. The van der Waals surface area contributed by atoms with Crippen LogP contribution in [0.3, 0.4) is 0 Å². The third-order valence-electron chi connectivity index (χ3n) is 2.04. The van der Waals surface area contributed by atoms with E-state index in [2.05, 4.69) is 0 Å². The fourth-order valence-electron chi connectivity index (χ4n) is 1.42. The standard InChI is InChI=1S/C11H17FO3Si/c1-2-14-16(13,15-9-8-12)10-11-6-4-3-5-7-11/h3-7,13H,2,8-10H2,1H3. The minimum absolute atomic E-state index is 0.116. The van der Waals surface area contributed by atoms with Crippen molar-refractivity contribution in [3.8, 4) is 0 Å². The average Bonchev–Trinajstić information content (AvgIpc) is 2.28. The molecule has 1 unspecified atom stereocenters. The molecule has 1 aromatic rings. The van der Waals surface area contributed by atoms with E-state index in [0.717, 1.165) is 5.56 Å². The Bertz CT molecular complexity index is 297. The number of alkyl halides is 1. The number of hydrogen-bond donors (Lipinski definition) is 1. The first-order chi connectivity index (χ1) is 7.70. The Morgan fingerprint density at radius 2 is 1.94 bits per heavy atom. The van der Waals surface area contributed by atoms with Crippen molar-refractivity contribution in [2.75, 3.05) is 19.9 Å². The fourth-order valence-corrected chi connectivity index (χ4v) is 3.31. The summed E-state index contributed by atoms with van der Waals surface area (Å²) >= 11 is 0. The Morgan fingerprint density at radius 3 is 2.50 bits per heavy atom. The van der Waals surface area contributed by atoms with E-state index in [-0.39, 0.29) is 6.61 Å². The molecule has 0 saturated carbocycles. The Balaban J connectivity index is 2.62. The van der Waals surface area contributed by atoms with E-state index < -0.39 is 15.5 Å². The second-order valence-electron chi connectivity index (χ2n) is 3.35. The summed E-state index contributed by atoms with van der Waals surface area (Å²) in [5.74, 6) is 0. The zero-order chi connectivity index (χ0) is 11.9. The molecule has 0 fully saturated rings. The van der Waals surface area contributed by atoms with E-state index >= 15 is 0 Å². The molecular weight excluding hydrogens is 227 g/mol. The van der Waals surface area contributed by atoms with Gasteiger partial charge >= 0.3 is 8.80 Å². The van der Waals surface area contributed by atoms with Gasteiger partial charge in [0.15, 0.2) is 0 Å². The maximum absolute atomic E-state index is 12.0. The van der Waals surface area contributed by atoms with E-state index in [0.29, 0.717) is 12.7 Å². The molecule has 90 valence electrons. The van der Waals surface area contributed by atoms with Gasteiger partial charge in [0.25, 0.3) is 0 Å². The molecule has 0 aliphatic carbocycles. The van der Waals surface area contributed by atoms with Gasteiger partial charge in [-0.15, -0.1) is 0 Å². The van der Waals surface area contributed by atoms with Crippen molar-refractivity contribution in [1.29, 1.82) is 0 Å². The van der Waals surface area contributed by atoms with Gasteiger partial charge in [-0.05, 0) is 12.5 Å². The van der Waals surface area contributed by atoms with Gasteiger partial charge in [-0.1, -0.05) is 30.3 Å². The quantitative estimate of drug-likeness (QED) is 0.742. The SMILES string of the molecule is CCO[Si](O)(Cc1ccccc1)OCCF. The van der Waals surface area contributed by atoms with Gasteiger partial charge in [-0.2, -0.15) is 0 Å². The van der Waals surface area contributed by atoms with E-state index in [4.69, 9.17) is 8.85 Å². The summed E-state index contributed by atoms with van der Waals surface area (Å²) in [4.78, 5) is 10.1. The van der Waals surface area contributed by atoms with Crippen molar-refractivity contribution >= 4 is 8.80 Å². The highest BCUT2D eigenvalue weighted by Gasteiger charge is 2.36. The lowest BCUT2D eigenvalue weighted by Gasteiger charge is -2.23. The predicted octanol–water partition coefficient (Wildman–Crippen LogP) is 1.72. The van der Waals surface area contributed by atoms with E-state index in [9.17, 15) is 9.19 Å². The van der Waals surface area contributed by atoms with E-state index in [1.54, 1.807) is 6.92 Å². The molecule has 0 aromatic heterocycles. The number of rotatable bonds is 7. The van der Waals surface area contributed by atoms with Crippen molar-refractivity contribution in [1.82, 2.24) is 0 Å². The molecular formula is C11H17FO3Si. The molecule has 0 heterocycles. The van der Waals surface area contributed by atoms with Crippen LogP contribution in [0.25, 0.3) is 0 Å². The molecule has 5 heteroatoms. The molecule has 0 bridgehead atoms. The average molecular weight is 244 g/mol. The van der Waals surface area contributed by atoms with Crippen LogP contribution in [0.15, 0.2) is 30.3 Å². The normalized spacial score (nSPS) is 14.7. The largest absolute Gasteiger partial charge is 0.502 e. The minimum Gasteiger partial charge on any atom is -0.389 e. The van der Waals surface area contributed by atoms with Crippen LogP contribution in [-0.2, 0) is 14.9 Å². The lowest BCUT2D eigenvalue weighted by Crippen LogP contribution is -2.46. The first-order valence-electron chi connectivity index (χ1n) is 5.30. The van der Waals surface area contributed by atoms with Gasteiger partial charge in [-0.25, -0.2) is 4.39 Å². The first kappa shape index (κ1) is 13.3. The molecule has 1 rings (SSSR count). The van der Waals surface area contributed by atoms with Crippen LogP contribution in [0.1, 0.15) is 12.5 Å². The molecule has 16 heavy (non-hydrogen) atoms. The minimum atomic E-state index is -3.25. The summed E-state index contributed by atoms with van der Waals surface area (Å²) in [5.41, 5.74) is 0.934. The number of hydrogen-bond acceptors (Lipinski definition) is 3. The van der Waals surface area contributed by atoms with Gasteiger partial charge in [-0.3, -0.25) is 0 Å². The van der Waals surface area contributed by atoms with Crippen LogP contribution < -0.4 is 0 Å². The first-order valence-corrected chi connectivity index (χ1v) is 7.27. The molecule has 0 aliphatic rings. The third-order valence-corrected chi connectivity index (χ3v) is 4.29. The molecule has 0 aliphatic heterocycles. The number of halogens is 1. The van der Waals surface area contributed by atoms with Crippen molar-refractivity contribution in [2.24, 2.45) is 0 Å². The maximum atomic E-state index is 12.0. The molecule has 0 spiro atoms. The lowest BCUT2D eigenvalue weighted by atomic mass is 10.2. The van der Waals surface area contributed by atoms with Gasteiger partial charge in [0, 0.05) is 12.7 Å². The van der Waals surface area contributed by atoms with Crippen LogP contribution in [0.5, 0.6) is 0 Å². The highest BCUT2D eigenvalue weighted by molar-refractivity contribution is 6.58. The second-order valence-corrected chi connectivity index (χ2v) is 5.70. The van der Waals surface area contributed by atoms with Crippen LogP contribution in [0.4, 0.5) is 4.39 Å². The summed E-state index contributed by atoms with van der Waals surface area (Å²) in [5, 5.41) is 0. The predicted molar refractivity (Wildman–Crippen MR) is 61.7 cm³/mol. The number of benzene rings is 1. The van der Waals surface area contributed by atoms with Crippen LogP contribution in [0.2, 0.25) is 0 Å². The van der Waals surface area contributed by atoms with Gasteiger partial charge < -0.3 is 13.6 Å². The molecule has 0 amide bonds. The second kappa shape index (κ2) is 6.75. The van der Waals surface area contributed by atoms with Crippen molar-refractivity contribution in [3.63, 3.8) is 0 Å². The molecule has 1 aromatic carbocycles. The summed E-state index contributed by atoms with van der Waals surface area (Å²) in [7, 11) is -3.25. The summed E-state index contributed by atoms with van der Waals surface area (Å²) < 4.78 is 22.4. The molecule has 1 N–H and O–H groups in total. The zero-order valence-electron chi connectivity index (χ0n) is 9.36. The van der Waals surface area contributed by atoms with Crippen molar-refractivity contribution < 1.29 is 18.0 Å². The maximum Gasteiger partial charge on any atom is 0.502 e. The van der Waals surface area contributed by atoms with Gasteiger partial charge in [0.2, 0.25) is 0 Å². The summed E-state index contributed by atoms with van der Waals surface area (Å²) in [6, 6.07) is 9.75. The Labute approximate surface area is 96.2 Å². The monoisotopic (exact) mass is 244 g/mol. The van der Waals surface area contributed by atoms with Crippen LogP contribution in [0, 0.1) is 0 Å². The Kier molecular flexibility index (Phi) is 5.62. The highest BCUT2D eigenvalue weighted by Crippen LogP contribution is 2.12. The Morgan fingerprint density at radius 1 is 1.25 bits per heavy atom. The van der Waals surface area contributed by atoms with Gasteiger partial charge in [0.05, 0.1) is 6.61 Å². The molecule has 0 radical (unpaired) electrons. The zero-order valence-corrected chi connectivity index (χ0v) is 10.4. The van der Waals surface area contributed by atoms with Crippen molar-refractivity contribution in [3.05, 3.63) is 35.9 Å². The summed E-state index contributed by atoms with van der Waals surface area (Å²) in [6.07, 6.45) is 0. The Hall–Kier alpha value is -0.753. The van der Waals surface area contributed by atoms with E-state index in [1.807, 2.05) is 30.3 Å². The summed E-state index contributed by atoms with van der Waals surface area (Å²) in [6.45, 7) is 1.41. The van der Waals surface area contributed by atoms with Gasteiger partial charge in [0.1, 0.15) is 6.67 Å². The smallest absolute Gasteiger partial charge is 0.389 e. The van der Waals surface area contributed by atoms with Crippen molar-refractivity contribution in [2.45, 2.75) is 13.0 Å². The fraction of sp³-hybridized carbons (Fsp3) is 0.455. The van der Waals surface area contributed by atoms with E-state index in [1.165, 1.54) is 0 Å².